The van der Waals surface area contributed by atoms with Crippen molar-refractivity contribution in [2.45, 2.75) is 12.5 Å². The van der Waals surface area contributed by atoms with Crippen LogP contribution >= 0.6 is 27.7 Å². The van der Waals surface area contributed by atoms with Crippen LogP contribution in [0.2, 0.25) is 0 Å². The second-order valence-corrected chi connectivity index (χ2v) is 6.48. The third-order valence-corrected chi connectivity index (χ3v) is 4.67. The van der Waals surface area contributed by atoms with Crippen LogP contribution in [0.1, 0.15) is 6.42 Å². The molecule has 1 aliphatic rings. The summed E-state index contributed by atoms with van der Waals surface area (Å²) in [6.07, 6.45) is -0.0137. The molecule has 0 spiro atoms. The van der Waals surface area contributed by atoms with Crippen molar-refractivity contribution in [3.63, 3.8) is 0 Å². The van der Waals surface area contributed by atoms with Crippen molar-refractivity contribution in [2.24, 2.45) is 0 Å². The van der Waals surface area contributed by atoms with Gasteiger partial charge in [0, 0.05) is 34.6 Å². The van der Waals surface area contributed by atoms with Gasteiger partial charge >= 0.3 is 5.97 Å². The van der Waals surface area contributed by atoms with Gasteiger partial charge in [-0.25, -0.2) is 0 Å². The van der Waals surface area contributed by atoms with E-state index < -0.39 is 10.9 Å². The molecule has 0 saturated carbocycles. The summed E-state index contributed by atoms with van der Waals surface area (Å²) < 4.78 is 0.633. The van der Waals surface area contributed by atoms with Crippen molar-refractivity contribution in [3.8, 4) is 0 Å². The first-order valence-corrected chi connectivity index (χ1v) is 7.94. The molecule has 108 valence electrons. The molecule has 1 aromatic carbocycles. The van der Waals surface area contributed by atoms with E-state index in [1.165, 1.54) is 6.07 Å². The highest BCUT2D eigenvalue weighted by Gasteiger charge is 2.29. The van der Waals surface area contributed by atoms with E-state index in [-0.39, 0.29) is 18.2 Å². The lowest BCUT2D eigenvalue weighted by atomic mass is 10.1. The fourth-order valence-corrected chi connectivity index (χ4v) is 3.64. The number of carboxylic acid groups (broad SMARTS) is 1. The molecule has 0 bridgehead atoms. The quantitative estimate of drug-likeness (QED) is 0.656. The monoisotopic (exact) mass is 360 g/mol. The summed E-state index contributed by atoms with van der Waals surface area (Å²) >= 11 is 4.90. The molecular formula is C12H13BrN2O4S. The smallest absolute Gasteiger partial charge is 0.305 e. The van der Waals surface area contributed by atoms with Gasteiger partial charge in [-0.1, -0.05) is 15.9 Å². The molecule has 1 atom stereocenters. The molecule has 0 aromatic heterocycles. The van der Waals surface area contributed by atoms with Crippen molar-refractivity contribution < 1.29 is 14.8 Å². The second kappa shape index (κ2) is 6.45. The number of nitro benzene ring substituents is 1. The number of hydrogen-bond donors (Lipinski definition) is 1. The van der Waals surface area contributed by atoms with Gasteiger partial charge in [-0.2, -0.15) is 11.8 Å². The number of aliphatic carboxylic acids is 1. The van der Waals surface area contributed by atoms with Gasteiger partial charge in [-0.3, -0.25) is 14.9 Å². The van der Waals surface area contributed by atoms with Gasteiger partial charge < -0.3 is 10.0 Å². The number of halogens is 1. The maximum absolute atomic E-state index is 11.2. The van der Waals surface area contributed by atoms with E-state index in [4.69, 9.17) is 5.11 Å². The van der Waals surface area contributed by atoms with E-state index in [1.807, 2.05) is 4.90 Å². The van der Waals surface area contributed by atoms with Gasteiger partial charge in [0.1, 0.15) is 5.69 Å². The first-order valence-electron chi connectivity index (χ1n) is 5.99. The molecule has 0 radical (unpaired) electrons. The van der Waals surface area contributed by atoms with Crippen LogP contribution < -0.4 is 4.90 Å². The van der Waals surface area contributed by atoms with E-state index >= 15 is 0 Å². The number of nitrogens with zero attached hydrogens (tertiary/aromatic N) is 2. The van der Waals surface area contributed by atoms with E-state index in [0.717, 1.165) is 5.75 Å². The minimum absolute atomic E-state index is 0.00154. The predicted molar refractivity (Wildman–Crippen MR) is 81.5 cm³/mol. The predicted octanol–water partition coefficient (Wildman–Crippen LogP) is 2.75. The summed E-state index contributed by atoms with van der Waals surface area (Å²) in [5.74, 6) is 0.616. The topological polar surface area (TPSA) is 83.7 Å². The fourth-order valence-electron chi connectivity index (χ4n) is 2.23. The standard InChI is InChI=1S/C12H13BrN2O4S/c13-8-1-2-10(11(5-8)15(18)19)14-3-4-20-7-9(14)6-12(16)17/h1-2,5,9H,3-4,6-7H2,(H,16,17). The molecule has 1 aliphatic heterocycles. The number of hydrogen-bond acceptors (Lipinski definition) is 5. The minimum Gasteiger partial charge on any atom is -0.481 e. The SMILES string of the molecule is O=C(O)CC1CSCCN1c1ccc(Br)cc1[N+](=O)[O-]. The maximum Gasteiger partial charge on any atom is 0.305 e. The molecule has 1 aromatic rings. The van der Waals surface area contributed by atoms with Crippen molar-refractivity contribution in [3.05, 3.63) is 32.8 Å². The summed E-state index contributed by atoms with van der Waals surface area (Å²) in [5, 5.41) is 20.2. The van der Waals surface area contributed by atoms with Crippen LogP contribution in [-0.4, -0.2) is 40.1 Å². The summed E-state index contributed by atoms with van der Waals surface area (Å²) in [4.78, 5) is 23.5. The zero-order chi connectivity index (χ0) is 14.7. The minimum atomic E-state index is -0.887. The first-order chi connectivity index (χ1) is 9.49. The van der Waals surface area contributed by atoms with Gasteiger partial charge in [0.05, 0.1) is 11.3 Å². The molecule has 1 N–H and O–H groups in total. The molecule has 0 aliphatic carbocycles. The number of benzene rings is 1. The van der Waals surface area contributed by atoms with Gasteiger partial charge in [-0.15, -0.1) is 0 Å². The van der Waals surface area contributed by atoms with Gasteiger partial charge in [0.15, 0.2) is 0 Å². The highest BCUT2D eigenvalue weighted by atomic mass is 79.9. The van der Waals surface area contributed by atoms with Gasteiger partial charge in [0.2, 0.25) is 0 Å². The summed E-state index contributed by atoms with van der Waals surface area (Å²) in [6.45, 7) is 0.616. The average Bonchev–Trinajstić information content (AvgIpc) is 2.39. The molecule has 1 unspecified atom stereocenters. The molecule has 6 nitrogen and oxygen atoms in total. The largest absolute Gasteiger partial charge is 0.481 e. The lowest BCUT2D eigenvalue weighted by molar-refractivity contribution is -0.384. The Morgan fingerprint density at radius 2 is 2.35 bits per heavy atom. The Morgan fingerprint density at radius 1 is 1.60 bits per heavy atom. The normalized spacial score (nSPS) is 18.9. The van der Waals surface area contributed by atoms with Crippen molar-refractivity contribution in [1.82, 2.24) is 0 Å². The third-order valence-electron chi connectivity index (χ3n) is 3.08. The number of rotatable bonds is 4. The van der Waals surface area contributed by atoms with Crippen LogP contribution in [0.3, 0.4) is 0 Å². The Balaban J connectivity index is 2.36. The zero-order valence-corrected chi connectivity index (χ0v) is 12.9. The zero-order valence-electron chi connectivity index (χ0n) is 10.5. The van der Waals surface area contributed by atoms with Crippen molar-refractivity contribution >= 4 is 45.0 Å². The molecule has 20 heavy (non-hydrogen) atoms. The molecule has 1 heterocycles. The summed E-state index contributed by atoms with van der Waals surface area (Å²) in [6, 6.07) is 4.65. The van der Waals surface area contributed by atoms with Crippen LogP contribution in [0.5, 0.6) is 0 Å². The lowest BCUT2D eigenvalue weighted by Crippen LogP contribution is -2.44. The Labute approximate surface area is 128 Å². The number of carboxylic acids is 1. The van der Waals surface area contributed by atoms with Crippen LogP contribution in [0.15, 0.2) is 22.7 Å². The van der Waals surface area contributed by atoms with Crippen LogP contribution in [0.4, 0.5) is 11.4 Å². The molecular weight excluding hydrogens is 348 g/mol. The van der Waals surface area contributed by atoms with Gasteiger partial charge in [0.25, 0.3) is 5.69 Å². The molecule has 8 heteroatoms. The van der Waals surface area contributed by atoms with Crippen molar-refractivity contribution in [1.29, 1.82) is 0 Å². The fraction of sp³-hybridized carbons (Fsp3) is 0.417. The second-order valence-electron chi connectivity index (χ2n) is 4.41. The van der Waals surface area contributed by atoms with Gasteiger partial charge in [-0.05, 0) is 12.1 Å². The third kappa shape index (κ3) is 3.43. The highest BCUT2D eigenvalue weighted by molar-refractivity contribution is 9.10. The maximum atomic E-state index is 11.2. The summed E-state index contributed by atoms with van der Waals surface area (Å²) in [5.41, 5.74) is 0.492. The summed E-state index contributed by atoms with van der Waals surface area (Å²) in [7, 11) is 0. The molecule has 1 fully saturated rings. The van der Waals surface area contributed by atoms with Crippen LogP contribution in [0, 0.1) is 10.1 Å². The lowest BCUT2D eigenvalue weighted by Gasteiger charge is -2.36. The van der Waals surface area contributed by atoms with Crippen molar-refractivity contribution in [2.75, 3.05) is 23.0 Å². The number of carbonyl (C=O) groups is 1. The van der Waals surface area contributed by atoms with E-state index in [1.54, 1.807) is 23.9 Å². The number of thioether (sulfide) groups is 1. The molecule has 1 saturated heterocycles. The Hall–Kier alpha value is -1.28. The van der Waals surface area contributed by atoms with E-state index in [2.05, 4.69) is 15.9 Å². The molecule has 0 amide bonds. The Bertz CT molecular complexity index is 540. The van der Waals surface area contributed by atoms with Crippen LogP contribution in [0.25, 0.3) is 0 Å². The van der Waals surface area contributed by atoms with E-state index in [0.29, 0.717) is 22.5 Å². The number of nitro groups is 1. The van der Waals surface area contributed by atoms with E-state index in [9.17, 15) is 14.9 Å². The molecule has 2 rings (SSSR count). The Kier molecular flexibility index (Phi) is 4.87. The Morgan fingerprint density at radius 3 is 3.00 bits per heavy atom. The number of anilines is 1. The highest BCUT2D eigenvalue weighted by Crippen LogP contribution is 2.35. The first kappa shape index (κ1) is 15.1. The average molecular weight is 361 g/mol. The van der Waals surface area contributed by atoms with Crippen LogP contribution in [-0.2, 0) is 4.79 Å².